The standard InChI is InChI=1S/C25H40N8O2/c1-15(34)28-18-12-16(30-25(5,6)7)8-9-19(18)32-11-10-17(22(32)35)29-23-27-14-26-21-13-20(24(2,3)4)31-33(21)23/h13-14,16-19,30H,8-12H2,1-7H3,(H,28,34)(H,26,27,29)/t16-,17+,18-,19+/m1/s1. The van der Waals surface area contributed by atoms with Crippen LogP contribution >= 0.6 is 0 Å². The van der Waals surface area contributed by atoms with Gasteiger partial charge in [0.15, 0.2) is 5.65 Å². The van der Waals surface area contributed by atoms with Crippen LogP contribution in [0.3, 0.4) is 0 Å². The second-order valence-electron chi connectivity index (χ2n) is 12.0. The number of nitrogens with one attached hydrogen (secondary N) is 3. The number of likely N-dealkylation sites (tertiary alicyclic amines) is 1. The number of aromatic nitrogens is 4. The molecule has 10 nitrogen and oxygen atoms in total. The molecule has 4 rings (SSSR count). The highest BCUT2D eigenvalue weighted by Gasteiger charge is 2.42. The molecule has 2 aromatic rings. The lowest BCUT2D eigenvalue weighted by atomic mass is 9.84. The van der Waals surface area contributed by atoms with Gasteiger partial charge in [0.2, 0.25) is 17.8 Å². The summed E-state index contributed by atoms with van der Waals surface area (Å²) in [7, 11) is 0. The van der Waals surface area contributed by atoms with Gasteiger partial charge < -0.3 is 20.9 Å². The van der Waals surface area contributed by atoms with Crippen LogP contribution in [0.4, 0.5) is 5.95 Å². The topological polar surface area (TPSA) is 117 Å². The van der Waals surface area contributed by atoms with Crippen molar-refractivity contribution in [2.75, 3.05) is 11.9 Å². The first-order chi connectivity index (χ1) is 16.3. The predicted molar refractivity (Wildman–Crippen MR) is 135 cm³/mol. The van der Waals surface area contributed by atoms with Crippen LogP contribution in [0.1, 0.15) is 79.8 Å². The van der Waals surface area contributed by atoms with E-state index in [1.54, 1.807) is 11.4 Å². The van der Waals surface area contributed by atoms with E-state index in [9.17, 15) is 9.59 Å². The lowest BCUT2D eigenvalue weighted by molar-refractivity contribution is -0.132. The average Bonchev–Trinajstić information content (AvgIpc) is 3.32. The molecule has 2 amide bonds. The zero-order chi connectivity index (χ0) is 25.5. The van der Waals surface area contributed by atoms with Gasteiger partial charge in [0.1, 0.15) is 12.4 Å². The molecule has 0 unspecified atom stereocenters. The van der Waals surface area contributed by atoms with Gasteiger partial charge >= 0.3 is 0 Å². The Bertz CT molecular complexity index is 1080. The van der Waals surface area contributed by atoms with Crippen molar-refractivity contribution in [3.63, 3.8) is 0 Å². The quantitative estimate of drug-likeness (QED) is 0.596. The zero-order valence-electron chi connectivity index (χ0n) is 22.1. The van der Waals surface area contributed by atoms with Crippen LogP contribution in [-0.4, -0.2) is 72.5 Å². The van der Waals surface area contributed by atoms with Gasteiger partial charge in [-0.05, 0) is 46.5 Å². The Balaban J connectivity index is 1.49. The molecule has 35 heavy (non-hydrogen) atoms. The summed E-state index contributed by atoms with van der Waals surface area (Å²) >= 11 is 0. The van der Waals surface area contributed by atoms with Gasteiger partial charge in [-0.1, -0.05) is 20.8 Å². The smallest absolute Gasteiger partial charge is 0.245 e. The van der Waals surface area contributed by atoms with Crippen LogP contribution in [-0.2, 0) is 15.0 Å². The lowest BCUT2D eigenvalue weighted by Gasteiger charge is -2.43. The predicted octanol–water partition coefficient (Wildman–Crippen LogP) is 2.25. The molecule has 0 bridgehead atoms. The van der Waals surface area contributed by atoms with Crippen molar-refractivity contribution in [3.05, 3.63) is 18.1 Å². The fraction of sp³-hybridized carbons (Fsp3) is 0.720. The van der Waals surface area contributed by atoms with Gasteiger partial charge in [-0.15, -0.1) is 0 Å². The van der Waals surface area contributed by atoms with Crippen molar-refractivity contribution >= 4 is 23.4 Å². The van der Waals surface area contributed by atoms with Gasteiger partial charge in [0, 0.05) is 36.5 Å². The van der Waals surface area contributed by atoms with E-state index in [0.717, 1.165) is 25.0 Å². The summed E-state index contributed by atoms with van der Waals surface area (Å²) < 4.78 is 1.68. The maximum Gasteiger partial charge on any atom is 0.245 e. The molecule has 0 spiro atoms. The van der Waals surface area contributed by atoms with E-state index in [2.05, 4.69) is 67.5 Å². The van der Waals surface area contributed by atoms with Crippen LogP contribution < -0.4 is 16.0 Å². The van der Waals surface area contributed by atoms with Crippen molar-refractivity contribution in [2.45, 2.75) is 109 Å². The Kier molecular flexibility index (Phi) is 6.78. The Morgan fingerprint density at radius 2 is 1.83 bits per heavy atom. The molecule has 0 aromatic carbocycles. The fourth-order valence-electron chi connectivity index (χ4n) is 5.29. The van der Waals surface area contributed by atoms with E-state index >= 15 is 0 Å². The maximum absolute atomic E-state index is 13.5. The van der Waals surface area contributed by atoms with Crippen LogP contribution in [0, 0.1) is 0 Å². The molecule has 3 heterocycles. The van der Waals surface area contributed by atoms with E-state index < -0.39 is 6.04 Å². The highest BCUT2D eigenvalue weighted by atomic mass is 16.2. The summed E-state index contributed by atoms with van der Waals surface area (Å²) in [6.07, 6.45) is 4.79. The molecule has 1 aliphatic heterocycles. The van der Waals surface area contributed by atoms with Gasteiger partial charge in [-0.25, -0.2) is 9.97 Å². The molecule has 2 aromatic heterocycles. The average molecular weight is 485 g/mol. The first-order valence-electron chi connectivity index (χ1n) is 12.6. The summed E-state index contributed by atoms with van der Waals surface area (Å²) in [6.45, 7) is 15.0. The molecule has 1 saturated carbocycles. The van der Waals surface area contributed by atoms with Crippen molar-refractivity contribution < 1.29 is 9.59 Å². The van der Waals surface area contributed by atoms with E-state index in [1.165, 1.54) is 6.33 Å². The summed E-state index contributed by atoms with van der Waals surface area (Å²) in [5.74, 6) is 0.499. The van der Waals surface area contributed by atoms with E-state index in [-0.39, 0.29) is 34.9 Å². The van der Waals surface area contributed by atoms with Gasteiger partial charge in [0.05, 0.1) is 17.8 Å². The molecule has 10 heteroatoms. The minimum atomic E-state index is -0.390. The maximum atomic E-state index is 13.5. The number of anilines is 1. The second-order valence-corrected chi connectivity index (χ2v) is 12.0. The SMILES string of the molecule is CC(=O)N[C@@H]1C[C@H](NC(C)(C)C)CC[C@@H]1N1CC[C@H](Nc2ncnc3cc(C(C)(C)C)nn23)C1=O. The zero-order valence-corrected chi connectivity index (χ0v) is 22.1. The van der Waals surface area contributed by atoms with Crippen molar-refractivity contribution in [1.29, 1.82) is 0 Å². The Morgan fingerprint density at radius 1 is 1.09 bits per heavy atom. The third-order valence-corrected chi connectivity index (χ3v) is 6.81. The number of fused-ring (bicyclic) bond motifs is 1. The highest BCUT2D eigenvalue weighted by Crippen LogP contribution is 2.30. The molecular weight excluding hydrogens is 444 g/mol. The van der Waals surface area contributed by atoms with E-state index in [0.29, 0.717) is 30.6 Å². The number of rotatable bonds is 5. The van der Waals surface area contributed by atoms with E-state index in [1.807, 2.05) is 11.0 Å². The molecule has 192 valence electrons. The van der Waals surface area contributed by atoms with Gasteiger partial charge in [0.25, 0.3) is 0 Å². The number of carbonyl (C=O) groups is 2. The largest absolute Gasteiger partial charge is 0.351 e. The fourth-order valence-corrected chi connectivity index (χ4v) is 5.29. The molecular formula is C25H40N8O2. The minimum absolute atomic E-state index is 0.00100. The van der Waals surface area contributed by atoms with E-state index in [4.69, 9.17) is 5.10 Å². The third-order valence-electron chi connectivity index (χ3n) is 6.81. The Labute approximate surface area is 207 Å². The number of hydrogen-bond acceptors (Lipinski definition) is 7. The van der Waals surface area contributed by atoms with Gasteiger partial charge in [-0.2, -0.15) is 9.61 Å². The normalized spacial score (nSPS) is 25.8. The molecule has 1 saturated heterocycles. The summed E-state index contributed by atoms with van der Waals surface area (Å²) in [5.41, 5.74) is 1.49. The first-order valence-corrected chi connectivity index (χ1v) is 12.6. The first kappa shape index (κ1) is 25.3. The second kappa shape index (κ2) is 9.37. The molecule has 1 aliphatic carbocycles. The lowest BCUT2D eigenvalue weighted by Crippen LogP contribution is -2.59. The number of hydrogen-bond donors (Lipinski definition) is 3. The number of carbonyl (C=O) groups excluding carboxylic acids is 2. The Morgan fingerprint density at radius 3 is 2.49 bits per heavy atom. The molecule has 0 radical (unpaired) electrons. The van der Waals surface area contributed by atoms with Crippen LogP contribution in [0.25, 0.3) is 5.65 Å². The monoisotopic (exact) mass is 484 g/mol. The summed E-state index contributed by atoms with van der Waals surface area (Å²) in [5, 5.41) is 14.8. The van der Waals surface area contributed by atoms with Crippen LogP contribution in [0.5, 0.6) is 0 Å². The van der Waals surface area contributed by atoms with Crippen molar-refractivity contribution in [2.24, 2.45) is 0 Å². The van der Waals surface area contributed by atoms with Crippen LogP contribution in [0.15, 0.2) is 12.4 Å². The molecule has 2 fully saturated rings. The van der Waals surface area contributed by atoms with Crippen molar-refractivity contribution in [1.82, 2.24) is 35.1 Å². The molecule has 4 atom stereocenters. The number of nitrogens with zero attached hydrogens (tertiary/aromatic N) is 5. The van der Waals surface area contributed by atoms with Crippen LogP contribution in [0.2, 0.25) is 0 Å². The Hall–Kier alpha value is -2.75. The molecule has 2 aliphatic rings. The highest BCUT2D eigenvalue weighted by molar-refractivity contribution is 5.87. The molecule has 3 N–H and O–H groups in total. The number of amides is 2. The minimum Gasteiger partial charge on any atom is -0.351 e. The van der Waals surface area contributed by atoms with Gasteiger partial charge in [-0.3, -0.25) is 9.59 Å². The summed E-state index contributed by atoms with van der Waals surface area (Å²) in [6, 6.07) is 1.78. The van der Waals surface area contributed by atoms with Crippen molar-refractivity contribution in [3.8, 4) is 0 Å². The summed E-state index contributed by atoms with van der Waals surface area (Å²) in [4.78, 5) is 36.2. The third kappa shape index (κ3) is 5.74.